The van der Waals surface area contributed by atoms with E-state index in [1.165, 1.54) is 22.9 Å². The van der Waals surface area contributed by atoms with Crippen LogP contribution in [0, 0.1) is 6.92 Å². The number of nitrogens with zero attached hydrogens (tertiary/aromatic N) is 4. The maximum absolute atomic E-state index is 12.6. The molecule has 4 rings (SSSR count). The van der Waals surface area contributed by atoms with Crippen LogP contribution in [0.4, 0.5) is 11.6 Å². The summed E-state index contributed by atoms with van der Waals surface area (Å²) < 4.78 is 7.51. The van der Waals surface area contributed by atoms with Crippen LogP contribution >= 0.6 is 11.8 Å². The highest BCUT2D eigenvalue weighted by molar-refractivity contribution is 7.99. The zero-order valence-corrected chi connectivity index (χ0v) is 18.7. The number of benzene rings is 2. The molecule has 0 saturated carbocycles. The molecule has 0 spiro atoms. The molecule has 1 fully saturated rings. The van der Waals surface area contributed by atoms with Crippen LogP contribution in [0.2, 0.25) is 0 Å². The van der Waals surface area contributed by atoms with E-state index in [0.29, 0.717) is 18.4 Å². The number of thioether (sulfide) groups is 1. The fraction of sp³-hybridized carbons (Fsp3) is 0.348. The van der Waals surface area contributed by atoms with Crippen molar-refractivity contribution in [3.05, 3.63) is 59.7 Å². The van der Waals surface area contributed by atoms with E-state index in [0.717, 1.165) is 36.8 Å². The van der Waals surface area contributed by atoms with Gasteiger partial charge in [-0.05, 0) is 43.2 Å². The SMILES string of the molecule is CCc1cccc(NC(=O)CSc2nnc(N3CCOCC3)n2-c2ccc(C)cc2)c1. The van der Waals surface area contributed by atoms with Crippen molar-refractivity contribution in [2.45, 2.75) is 25.4 Å². The first-order chi connectivity index (χ1) is 15.1. The van der Waals surface area contributed by atoms with Crippen molar-refractivity contribution in [3.63, 3.8) is 0 Å². The summed E-state index contributed by atoms with van der Waals surface area (Å²) in [4.78, 5) is 14.7. The zero-order valence-electron chi connectivity index (χ0n) is 17.9. The highest BCUT2D eigenvalue weighted by Crippen LogP contribution is 2.27. The first-order valence-corrected chi connectivity index (χ1v) is 11.5. The number of amides is 1. The molecule has 31 heavy (non-hydrogen) atoms. The van der Waals surface area contributed by atoms with Crippen LogP contribution in [0.3, 0.4) is 0 Å². The molecule has 8 heteroatoms. The van der Waals surface area contributed by atoms with E-state index in [9.17, 15) is 4.79 Å². The summed E-state index contributed by atoms with van der Waals surface area (Å²) in [5, 5.41) is 12.5. The monoisotopic (exact) mass is 437 g/mol. The van der Waals surface area contributed by atoms with Crippen LogP contribution in [-0.4, -0.2) is 52.7 Å². The number of aryl methyl sites for hydroxylation is 2. The fourth-order valence-electron chi connectivity index (χ4n) is 3.44. The predicted molar refractivity (Wildman–Crippen MR) is 124 cm³/mol. The number of hydrogen-bond donors (Lipinski definition) is 1. The van der Waals surface area contributed by atoms with Gasteiger partial charge in [0.05, 0.1) is 24.7 Å². The summed E-state index contributed by atoms with van der Waals surface area (Å²) in [5.41, 5.74) is 4.18. The smallest absolute Gasteiger partial charge is 0.234 e. The Bertz CT molecular complexity index is 1030. The van der Waals surface area contributed by atoms with Crippen LogP contribution in [0.25, 0.3) is 5.69 Å². The molecule has 2 aromatic carbocycles. The summed E-state index contributed by atoms with van der Waals surface area (Å²) >= 11 is 1.39. The second-order valence-corrected chi connectivity index (χ2v) is 8.39. The topological polar surface area (TPSA) is 72.3 Å². The Morgan fingerprint density at radius 1 is 1.13 bits per heavy atom. The van der Waals surface area contributed by atoms with Gasteiger partial charge in [0, 0.05) is 18.8 Å². The molecular formula is C23H27N5O2S. The van der Waals surface area contributed by atoms with Gasteiger partial charge in [0.25, 0.3) is 0 Å². The van der Waals surface area contributed by atoms with Crippen LogP contribution in [-0.2, 0) is 16.0 Å². The van der Waals surface area contributed by atoms with Crippen LogP contribution in [0.5, 0.6) is 0 Å². The number of anilines is 2. The summed E-state index contributed by atoms with van der Waals surface area (Å²) in [6.45, 7) is 7.03. The van der Waals surface area contributed by atoms with Crippen molar-refractivity contribution in [1.29, 1.82) is 0 Å². The van der Waals surface area contributed by atoms with E-state index in [-0.39, 0.29) is 11.7 Å². The molecule has 2 heterocycles. The molecule has 1 saturated heterocycles. The first kappa shape index (κ1) is 21.4. The highest BCUT2D eigenvalue weighted by Gasteiger charge is 2.22. The predicted octanol–water partition coefficient (Wildman–Crippen LogP) is 3.71. The summed E-state index contributed by atoms with van der Waals surface area (Å²) in [5.74, 6) is 0.971. The lowest BCUT2D eigenvalue weighted by atomic mass is 10.1. The molecule has 7 nitrogen and oxygen atoms in total. The Morgan fingerprint density at radius 2 is 1.90 bits per heavy atom. The Morgan fingerprint density at radius 3 is 2.65 bits per heavy atom. The quantitative estimate of drug-likeness (QED) is 0.568. The van der Waals surface area contributed by atoms with Crippen molar-refractivity contribution in [2.24, 2.45) is 0 Å². The molecule has 0 atom stereocenters. The van der Waals surface area contributed by atoms with E-state index < -0.39 is 0 Å². The minimum absolute atomic E-state index is 0.0652. The summed E-state index contributed by atoms with van der Waals surface area (Å²) in [6, 6.07) is 16.2. The third kappa shape index (κ3) is 5.26. The number of carbonyl (C=O) groups is 1. The highest BCUT2D eigenvalue weighted by atomic mass is 32.2. The number of rotatable bonds is 7. The van der Waals surface area contributed by atoms with E-state index in [2.05, 4.69) is 64.6 Å². The molecule has 1 aliphatic heterocycles. The van der Waals surface area contributed by atoms with Gasteiger partial charge in [-0.1, -0.05) is 48.5 Å². The average molecular weight is 438 g/mol. The second kappa shape index (κ2) is 9.98. The van der Waals surface area contributed by atoms with Crippen molar-refractivity contribution in [2.75, 3.05) is 42.3 Å². The maximum atomic E-state index is 12.6. The van der Waals surface area contributed by atoms with Gasteiger partial charge >= 0.3 is 0 Å². The number of hydrogen-bond acceptors (Lipinski definition) is 6. The van der Waals surface area contributed by atoms with E-state index >= 15 is 0 Å². The third-order valence-corrected chi connectivity index (χ3v) is 6.08. The molecule has 0 unspecified atom stereocenters. The second-order valence-electron chi connectivity index (χ2n) is 7.44. The largest absolute Gasteiger partial charge is 0.378 e. The molecule has 1 amide bonds. The van der Waals surface area contributed by atoms with Gasteiger partial charge in [-0.3, -0.25) is 9.36 Å². The number of carbonyl (C=O) groups excluding carboxylic acids is 1. The minimum Gasteiger partial charge on any atom is -0.378 e. The molecule has 1 aliphatic rings. The van der Waals surface area contributed by atoms with Gasteiger partial charge in [0.1, 0.15) is 0 Å². The summed E-state index contributed by atoms with van der Waals surface area (Å²) in [6.07, 6.45) is 0.933. The van der Waals surface area contributed by atoms with E-state index in [1.54, 1.807) is 0 Å². The molecule has 162 valence electrons. The standard InChI is InChI=1S/C23H27N5O2S/c1-3-18-5-4-6-19(15-18)24-21(29)16-31-23-26-25-22(27-11-13-30-14-12-27)28(23)20-9-7-17(2)8-10-20/h4-10,15H,3,11-14,16H2,1-2H3,(H,24,29). The Kier molecular flexibility index (Phi) is 6.89. The van der Waals surface area contributed by atoms with Gasteiger partial charge in [-0.25, -0.2) is 0 Å². The third-order valence-electron chi connectivity index (χ3n) is 5.15. The zero-order chi connectivity index (χ0) is 21.6. The molecule has 1 aromatic heterocycles. The number of ether oxygens (including phenoxy) is 1. The average Bonchev–Trinajstić information content (AvgIpc) is 3.23. The van der Waals surface area contributed by atoms with Gasteiger partial charge in [0.2, 0.25) is 11.9 Å². The van der Waals surface area contributed by atoms with Gasteiger partial charge in [-0.2, -0.15) is 0 Å². The van der Waals surface area contributed by atoms with Crippen molar-refractivity contribution in [3.8, 4) is 5.69 Å². The van der Waals surface area contributed by atoms with E-state index in [1.807, 2.05) is 22.8 Å². The van der Waals surface area contributed by atoms with Crippen LogP contribution in [0.15, 0.2) is 53.7 Å². The number of aromatic nitrogens is 3. The first-order valence-electron chi connectivity index (χ1n) is 10.5. The molecule has 0 aliphatic carbocycles. The van der Waals surface area contributed by atoms with Crippen molar-refractivity contribution < 1.29 is 9.53 Å². The van der Waals surface area contributed by atoms with Crippen molar-refractivity contribution >= 4 is 29.3 Å². The van der Waals surface area contributed by atoms with Crippen LogP contribution in [0.1, 0.15) is 18.1 Å². The Labute approximate surface area is 186 Å². The lowest BCUT2D eigenvalue weighted by Crippen LogP contribution is -2.37. The maximum Gasteiger partial charge on any atom is 0.234 e. The van der Waals surface area contributed by atoms with Crippen LogP contribution < -0.4 is 10.2 Å². The van der Waals surface area contributed by atoms with Gasteiger partial charge in [-0.15, -0.1) is 10.2 Å². The normalized spacial score (nSPS) is 13.9. The Hall–Kier alpha value is -2.84. The Balaban J connectivity index is 1.52. The fourth-order valence-corrected chi connectivity index (χ4v) is 4.19. The minimum atomic E-state index is -0.0652. The van der Waals surface area contributed by atoms with E-state index in [4.69, 9.17) is 4.74 Å². The summed E-state index contributed by atoms with van der Waals surface area (Å²) in [7, 11) is 0. The number of morpholine rings is 1. The van der Waals surface area contributed by atoms with Crippen molar-refractivity contribution in [1.82, 2.24) is 14.8 Å². The molecule has 1 N–H and O–H groups in total. The molecule has 3 aromatic rings. The molecule has 0 radical (unpaired) electrons. The number of nitrogens with one attached hydrogen (secondary N) is 1. The molecular weight excluding hydrogens is 410 g/mol. The molecule has 0 bridgehead atoms. The van der Waals surface area contributed by atoms with Gasteiger partial charge in [0.15, 0.2) is 5.16 Å². The lowest BCUT2D eigenvalue weighted by Gasteiger charge is -2.27. The lowest BCUT2D eigenvalue weighted by molar-refractivity contribution is -0.113. The van der Waals surface area contributed by atoms with Gasteiger partial charge < -0.3 is 15.0 Å².